The van der Waals surface area contributed by atoms with Gasteiger partial charge in [0.2, 0.25) is 11.6 Å². The van der Waals surface area contributed by atoms with Crippen molar-refractivity contribution >= 4 is 5.69 Å². The van der Waals surface area contributed by atoms with E-state index >= 15 is 0 Å². The van der Waals surface area contributed by atoms with Crippen molar-refractivity contribution in [1.82, 2.24) is 10.1 Å². The number of nitrogens with zero attached hydrogens (tertiary/aromatic N) is 4. The van der Waals surface area contributed by atoms with Crippen LogP contribution in [0.4, 0.5) is 10.1 Å². The molecule has 24 heavy (non-hydrogen) atoms. The maximum atomic E-state index is 13.3. The molecule has 0 aliphatic carbocycles. The third-order valence-corrected chi connectivity index (χ3v) is 3.07. The first-order valence-corrected chi connectivity index (χ1v) is 6.31. The highest BCUT2D eigenvalue weighted by Gasteiger charge is 2.24. The van der Waals surface area contributed by atoms with E-state index in [0.717, 1.165) is 18.2 Å². The topological polar surface area (TPSA) is 149 Å². The van der Waals surface area contributed by atoms with E-state index in [1.807, 2.05) is 0 Å². The number of halogens is 1. The van der Waals surface area contributed by atoms with Crippen LogP contribution in [-0.2, 0) is 0 Å². The van der Waals surface area contributed by atoms with Crippen molar-refractivity contribution in [2.45, 2.75) is 0 Å². The summed E-state index contributed by atoms with van der Waals surface area (Å²) in [5.41, 5.74) is -1.06. The Kier molecular flexibility index (Phi) is 3.45. The molecule has 2 aromatic heterocycles. The first-order chi connectivity index (χ1) is 11.4. The highest BCUT2D eigenvalue weighted by molar-refractivity contribution is 5.68. The number of hydrogen-bond acceptors (Lipinski definition) is 8. The first-order valence-electron chi connectivity index (χ1n) is 6.31. The molecular formula is C13H7FN4O6. The van der Waals surface area contributed by atoms with Crippen molar-refractivity contribution in [3.63, 3.8) is 0 Å². The SMILES string of the molecule is O=[N+]([O-])c1cc(-c2noc(-c3cccc(F)[n+]3[O-])n2)cc(O)c1O. The van der Waals surface area contributed by atoms with E-state index in [1.165, 1.54) is 12.1 Å². The summed E-state index contributed by atoms with van der Waals surface area (Å²) < 4.78 is 18.0. The fraction of sp³-hybridized carbons (Fsp3) is 0. The van der Waals surface area contributed by atoms with Crippen LogP contribution in [0.3, 0.4) is 0 Å². The zero-order valence-corrected chi connectivity index (χ0v) is 11.6. The van der Waals surface area contributed by atoms with Gasteiger partial charge in [0.1, 0.15) is 0 Å². The highest BCUT2D eigenvalue weighted by atomic mass is 19.1. The van der Waals surface area contributed by atoms with Crippen LogP contribution in [-0.4, -0.2) is 25.3 Å². The quantitative estimate of drug-likeness (QED) is 0.183. The molecule has 0 atom stereocenters. The molecule has 0 saturated heterocycles. The smallest absolute Gasteiger partial charge is 0.371 e. The summed E-state index contributed by atoms with van der Waals surface area (Å²) in [6.07, 6.45) is 0. The maximum absolute atomic E-state index is 13.3. The summed E-state index contributed by atoms with van der Waals surface area (Å²) in [5, 5.41) is 45.0. The number of hydrogen-bond donors (Lipinski definition) is 2. The molecule has 11 heteroatoms. The van der Waals surface area contributed by atoms with Crippen LogP contribution in [0.2, 0.25) is 0 Å². The Morgan fingerprint density at radius 1 is 1.29 bits per heavy atom. The Bertz CT molecular complexity index is 958. The Balaban J connectivity index is 2.09. The molecule has 10 nitrogen and oxygen atoms in total. The molecule has 0 amide bonds. The van der Waals surface area contributed by atoms with E-state index in [-0.39, 0.29) is 27.7 Å². The number of aromatic hydroxyl groups is 2. The third-order valence-electron chi connectivity index (χ3n) is 3.07. The molecule has 3 aromatic rings. The molecule has 1 aromatic carbocycles. The maximum Gasteiger partial charge on any atom is 0.371 e. The number of pyridine rings is 1. The summed E-state index contributed by atoms with van der Waals surface area (Å²) >= 11 is 0. The lowest BCUT2D eigenvalue weighted by molar-refractivity contribution is -0.626. The summed E-state index contributed by atoms with van der Waals surface area (Å²) in [6, 6.07) is 5.34. The lowest BCUT2D eigenvalue weighted by Crippen LogP contribution is -2.33. The lowest BCUT2D eigenvalue weighted by Gasteiger charge is -2.01. The number of phenolic OH excluding ortho intramolecular Hbond substituents is 2. The minimum absolute atomic E-state index is 0.0409. The molecule has 0 unspecified atom stereocenters. The molecule has 0 radical (unpaired) electrons. The zero-order chi connectivity index (χ0) is 17.4. The molecule has 0 aliphatic rings. The van der Waals surface area contributed by atoms with Crippen molar-refractivity contribution < 1.29 is 28.8 Å². The molecule has 0 spiro atoms. The van der Waals surface area contributed by atoms with Crippen molar-refractivity contribution in [3.05, 3.63) is 51.6 Å². The van der Waals surface area contributed by atoms with E-state index in [9.17, 15) is 29.9 Å². The van der Waals surface area contributed by atoms with Crippen LogP contribution in [0, 0.1) is 21.3 Å². The number of phenols is 2. The molecular weight excluding hydrogens is 327 g/mol. The minimum Gasteiger partial charge on any atom is -0.616 e. The fourth-order valence-electron chi connectivity index (χ4n) is 1.94. The van der Waals surface area contributed by atoms with Gasteiger partial charge in [-0.25, -0.2) is 0 Å². The van der Waals surface area contributed by atoms with Gasteiger partial charge in [-0.05, 0) is 12.1 Å². The molecule has 0 aliphatic heterocycles. The van der Waals surface area contributed by atoms with Crippen LogP contribution < -0.4 is 4.73 Å². The van der Waals surface area contributed by atoms with Crippen molar-refractivity contribution in [2.75, 3.05) is 0 Å². The van der Waals surface area contributed by atoms with Crippen molar-refractivity contribution in [3.8, 4) is 34.5 Å². The Morgan fingerprint density at radius 3 is 2.75 bits per heavy atom. The van der Waals surface area contributed by atoms with E-state index < -0.39 is 28.1 Å². The van der Waals surface area contributed by atoms with Gasteiger partial charge in [0.05, 0.1) is 4.92 Å². The second kappa shape index (κ2) is 5.46. The van der Waals surface area contributed by atoms with Gasteiger partial charge < -0.3 is 19.9 Å². The largest absolute Gasteiger partial charge is 0.616 e. The summed E-state index contributed by atoms with van der Waals surface area (Å²) in [6.45, 7) is 0. The summed E-state index contributed by atoms with van der Waals surface area (Å²) in [4.78, 5) is 13.8. The first kappa shape index (κ1) is 15.1. The van der Waals surface area contributed by atoms with Crippen LogP contribution in [0.15, 0.2) is 34.9 Å². The molecule has 0 fully saturated rings. The standard InChI is InChI=1S/C13H7FN4O6/c14-10-3-1-2-7(17(10)21)13-15-12(16-24-13)6-4-8(18(22)23)11(20)9(19)5-6/h1-5,19-20H. The summed E-state index contributed by atoms with van der Waals surface area (Å²) in [5.74, 6) is -3.27. The lowest BCUT2D eigenvalue weighted by atomic mass is 10.1. The van der Waals surface area contributed by atoms with Gasteiger partial charge in [-0.2, -0.15) is 4.98 Å². The fourth-order valence-corrected chi connectivity index (χ4v) is 1.94. The van der Waals surface area contributed by atoms with Crippen LogP contribution in [0.5, 0.6) is 11.5 Å². The van der Waals surface area contributed by atoms with Gasteiger partial charge in [-0.15, -0.1) is 9.12 Å². The second-order valence-electron chi connectivity index (χ2n) is 4.57. The minimum atomic E-state index is -1.08. The zero-order valence-electron chi connectivity index (χ0n) is 11.6. The van der Waals surface area contributed by atoms with Crippen molar-refractivity contribution in [1.29, 1.82) is 0 Å². The van der Waals surface area contributed by atoms with Gasteiger partial charge in [-0.1, -0.05) is 5.16 Å². The van der Waals surface area contributed by atoms with Crippen LogP contribution >= 0.6 is 0 Å². The molecule has 2 N–H and O–H groups in total. The summed E-state index contributed by atoms with van der Waals surface area (Å²) in [7, 11) is 0. The second-order valence-corrected chi connectivity index (χ2v) is 4.57. The van der Waals surface area contributed by atoms with Gasteiger partial charge in [0.15, 0.2) is 5.75 Å². The van der Waals surface area contributed by atoms with Crippen LogP contribution in [0.25, 0.3) is 23.0 Å². The van der Waals surface area contributed by atoms with E-state index in [4.69, 9.17) is 4.52 Å². The van der Waals surface area contributed by atoms with Gasteiger partial charge in [0, 0.05) is 23.8 Å². The van der Waals surface area contributed by atoms with Gasteiger partial charge in [0.25, 0.3) is 5.69 Å². The van der Waals surface area contributed by atoms with Crippen LogP contribution in [0.1, 0.15) is 0 Å². The molecule has 2 heterocycles. The molecule has 122 valence electrons. The number of rotatable bonds is 3. The van der Waals surface area contributed by atoms with Gasteiger partial charge in [-0.3, -0.25) is 10.1 Å². The number of aromatic nitrogens is 3. The number of benzene rings is 1. The Labute approximate surface area is 131 Å². The van der Waals surface area contributed by atoms with E-state index in [2.05, 4.69) is 10.1 Å². The predicted octanol–water partition coefficient (Wildman–Crippen LogP) is 1.50. The molecule has 0 saturated carbocycles. The molecule has 3 rings (SSSR count). The number of nitro groups is 1. The highest BCUT2D eigenvalue weighted by Crippen LogP contribution is 2.38. The molecule has 0 bridgehead atoms. The predicted molar refractivity (Wildman–Crippen MR) is 74.1 cm³/mol. The Morgan fingerprint density at radius 2 is 2.04 bits per heavy atom. The monoisotopic (exact) mass is 334 g/mol. The van der Waals surface area contributed by atoms with Gasteiger partial charge >= 0.3 is 17.5 Å². The van der Waals surface area contributed by atoms with E-state index in [0.29, 0.717) is 0 Å². The average molecular weight is 334 g/mol. The number of nitro benzene ring substituents is 1. The Hall–Kier alpha value is -3.76. The van der Waals surface area contributed by atoms with Crippen molar-refractivity contribution in [2.24, 2.45) is 0 Å². The average Bonchev–Trinajstić information content (AvgIpc) is 3.02. The van der Waals surface area contributed by atoms with E-state index in [1.54, 1.807) is 0 Å². The third kappa shape index (κ3) is 2.43. The normalized spacial score (nSPS) is 10.7.